The van der Waals surface area contributed by atoms with E-state index in [9.17, 15) is 9.90 Å². The molecule has 53 heavy (non-hydrogen) atoms. The van der Waals surface area contributed by atoms with Gasteiger partial charge in [0.05, 0.1) is 11.9 Å². The third-order valence-electron chi connectivity index (χ3n) is 11.7. The molecule has 0 amide bonds. The van der Waals surface area contributed by atoms with Crippen LogP contribution in [-0.2, 0) is 36.7 Å². The molecule has 0 saturated carbocycles. The molecule has 0 aliphatic heterocycles. The molecule has 0 fully saturated rings. The second-order valence-corrected chi connectivity index (χ2v) is 18.6. The van der Waals surface area contributed by atoms with Gasteiger partial charge in [0.25, 0.3) is 0 Å². The normalized spacial score (nSPS) is 12.9. The fraction of sp³-hybridized carbons (Fsp3) is 0.458. The summed E-state index contributed by atoms with van der Waals surface area (Å²) < 4.78 is 4.71. The van der Waals surface area contributed by atoms with Gasteiger partial charge in [-0.05, 0) is 77.8 Å². The standard InChI is InChI=1S/C33H36NS.C15H28O2.Ir/c1-20-22(19-32(3,4)5)14-15-25-26-16-17-34(9)29(31(26)35-30(20)25)27-18-28(33(6,7)8)24-13-11-10-12-23(24)21(27)2;1-7-14(5,8-2)12(16)11-13(17)15(6,9-3)10-4;/h10-18H,2,9,19H2,1,3-8H3;11,16H,7-10H2,1-6H3;/q-1;;/b;12-11-;. The van der Waals surface area contributed by atoms with Gasteiger partial charge in [-0.15, -0.1) is 34.4 Å². The zero-order chi connectivity index (χ0) is 39.0. The van der Waals surface area contributed by atoms with Crippen molar-refractivity contribution >= 4 is 48.1 Å². The van der Waals surface area contributed by atoms with Crippen LogP contribution in [0.15, 0.2) is 66.6 Å². The number of allylic oxidation sites excluding steroid dienone is 2. The number of thiophene rings is 1. The van der Waals surface area contributed by atoms with E-state index >= 15 is 0 Å². The second kappa shape index (κ2) is 16.7. The molecule has 1 N–H and O–H groups in total. The van der Waals surface area contributed by atoms with Gasteiger partial charge in [-0.2, -0.15) is 12.5 Å². The Hall–Kier alpha value is -3.11. The molecular weight excluding hydrogens is 847 g/mol. The van der Waals surface area contributed by atoms with Crippen LogP contribution in [0.2, 0.25) is 0 Å². The molecule has 1 radical (unpaired) electrons. The molecule has 0 aliphatic carbocycles. The number of hydrogen-bond acceptors (Lipinski definition) is 3. The summed E-state index contributed by atoms with van der Waals surface area (Å²) in [6.07, 6.45) is 7.94. The van der Waals surface area contributed by atoms with E-state index in [1.807, 2.05) is 57.4 Å². The quantitative estimate of drug-likeness (QED) is 0.0693. The van der Waals surface area contributed by atoms with E-state index in [4.69, 9.17) is 0 Å². The number of nitrogens with zero attached hydrogens (tertiary/aromatic N) is 1. The molecule has 0 saturated heterocycles. The first-order valence-corrected chi connectivity index (χ1v) is 20.0. The second-order valence-electron chi connectivity index (χ2n) is 17.6. The van der Waals surface area contributed by atoms with Crippen LogP contribution < -0.4 is 4.57 Å². The number of rotatable bonds is 9. The predicted octanol–water partition coefficient (Wildman–Crippen LogP) is 13.8. The van der Waals surface area contributed by atoms with E-state index in [-0.39, 0.29) is 53.3 Å². The van der Waals surface area contributed by atoms with Gasteiger partial charge in [-0.3, -0.25) is 4.79 Å². The van der Waals surface area contributed by atoms with Crippen molar-refractivity contribution in [2.45, 2.75) is 128 Å². The molecule has 0 atom stereocenters. The van der Waals surface area contributed by atoms with Gasteiger partial charge >= 0.3 is 0 Å². The molecule has 5 aromatic rings. The number of aliphatic hydroxyl groups is 1. The molecule has 0 spiro atoms. The number of pyridine rings is 1. The van der Waals surface area contributed by atoms with Crippen LogP contribution in [0.4, 0.5) is 0 Å². The monoisotopic (exact) mass is 911 g/mol. The molecule has 5 heteroatoms. The Morgan fingerprint density at radius 1 is 0.792 bits per heavy atom. The minimum Gasteiger partial charge on any atom is -0.512 e. The van der Waals surface area contributed by atoms with Gasteiger partial charge < -0.3 is 9.67 Å². The maximum Gasteiger partial charge on any atom is 0.164 e. The Kier molecular flexibility index (Phi) is 14.0. The zero-order valence-corrected chi connectivity index (χ0v) is 38.0. The zero-order valence-electron chi connectivity index (χ0n) is 34.8. The Labute approximate surface area is 338 Å². The van der Waals surface area contributed by atoms with Gasteiger partial charge in [-0.1, -0.05) is 124 Å². The molecule has 2 heterocycles. The smallest absolute Gasteiger partial charge is 0.164 e. The van der Waals surface area contributed by atoms with Crippen LogP contribution in [0.1, 0.15) is 131 Å². The summed E-state index contributed by atoms with van der Waals surface area (Å²) in [5.41, 5.74) is 7.26. The summed E-state index contributed by atoms with van der Waals surface area (Å²) in [7, 11) is 4.41. The largest absolute Gasteiger partial charge is 0.512 e. The molecule has 0 bridgehead atoms. The van der Waals surface area contributed by atoms with Gasteiger partial charge in [0.15, 0.2) is 5.78 Å². The first kappa shape index (κ1) is 44.3. The first-order valence-electron chi connectivity index (χ1n) is 19.2. The molecule has 3 aromatic carbocycles. The summed E-state index contributed by atoms with van der Waals surface area (Å²) in [5.74, 6) is 0.286. The minimum atomic E-state index is -0.337. The summed E-state index contributed by atoms with van der Waals surface area (Å²) in [6, 6.07) is 17.9. The average Bonchev–Trinajstić information content (AvgIpc) is 3.47. The third-order valence-corrected chi connectivity index (χ3v) is 13.1. The van der Waals surface area contributed by atoms with E-state index in [2.05, 4.69) is 117 Å². The molecule has 3 nitrogen and oxygen atoms in total. The molecule has 5 rings (SSSR count). The van der Waals surface area contributed by atoms with Gasteiger partial charge in [-0.25, -0.2) is 0 Å². The number of benzene rings is 3. The van der Waals surface area contributed by atoms with Gasteiger partial charge in [0, 0.05) is 53.5 Å². The first-order chi connectivity index (χ1) is 24.2. The predicted molar refractivity (Wildman–Crippen MR) is 227 cm³/mol. The van der Waals surface area contributed by atoms with Gasteiger partial charge in [0.2, 0.25) is 0 Å². The van der Waals surface area contributed by atoms with Crippen molar-refractivity contribution in [1.82, 2.24) is 0 Å². The fourth-order valence-electron chi connectivity index (χ4n) is 7.06. The third kappa shape index (κ3) is 9.07. The van der Waals surface area contributed by atoms with Crippen LogP contribution in [0.3, 0.4) is 0 Å². The van der Waals surface area contributed by atoms with Crippen LogP contribution in [0.25, 0.3) is 42.2 Å². The SMILES string of the molecule is CCC(C)(CC)C(=O)/C=C(\O)C(C)(CC)CC.[CH2-]c1c(-c2c3sc4c(C)c(CC(C)(C)C)ccc4c3cc[n+]2[CH2-])cc(C(C)(C)C)c2ccccc12.[Ir]. The number of carbonyl (C=O) groups is 1. The van der Waals surface area contributed by atoms with Gasteiger partial charge in [0.1, 0.15) is 5.76 Å². The Morgan fingerprint density at radius 3 is 1.87 bits per heavy atom. The summed E-state index contributed by atoms with van der Waals surface area (Å²) >= 11 is 1.90. The van der Waals surface area contributed by atoms with Crippen molar-refractivity contribution < 1.29 is 34.6 Å². The number of fused-ring (bicyclic) bond motifs is 4. The number of ketones is 1. The Balaban J connectivity index is 0.000000359. The summed E-state index contributed by atoms with van der Waals surface area (Å²) in [4.78, 5) is 12.2. The van der Waals surface area contributed by atoms with E-state index < -0.39 is 0 Å². The molecule has 289 valence electrons. The molecule has 0 aliphatic rings. The van der Waals surface area contributed by atoms with Crippen molar-refractivity contribution in [1.29, 1.82) is 0 Å². The Morgan fingerprint density at radius 2 is 1.34 bits per heavy atom. The van der Waals surface area contributed by atoms with Crippen molar-refractivity contribution in [3.8, 4) is 11.3 Å². The molecule has 0 unspecified atom stereocenters. The number of hydrogen-bond donors (Lipinski definition) is 1. The average molecular weight is 911 g/mol. The van der Waals surface area contributed by atoms with E-state index in [1.54, 1.807) is 0 Å². The van der Waals surface area contributed by atoms with E-state index in [1.165, 1.54) is 59.3 Å². The summed E-state index contributed by atoms with van der Waals surface area (Å²) in [6.45, 7) is 32.8. The summed E-state index contributed by atoms with van der Waals surface area (Å²) in [5, 5.41) is 15.3. The minimum absolute atomic E-state index is 0. The van der Waals surface area contributed by atoms with Crippen molar-refractivity contribution in [2.24, 2.45) is 16.2 Å². The van der Waals surface area contributed by atoms with Crippen LogP contribution >= 0.6 is 11.3 Å². The number of carbonyl (C=O) groups excluding carboxylic acids is 1. The van der Waals surface area contributed by atoms with E-state index in [0.29, 0.717) is 0 Å². The van der Waals surface area contributed by atoms with Crippen molar-refractivity contribution in [3.63, 3.8) is 0 Å². The number of aliphatic hydroxyl groups excluding tert-OH is 1. The number of aryl methyl sites for hydroxylation is 1. The van der Waals surface area contributed by atoms with Crippen LogP contribution in [0, 0.1) is 37.1 Å². The van der Waals surface area contributed by atoms with Crippen LogP contribution in [-0.4, -0.2) is 10.9 Å². The number of aromatic nitrogens is 1. The molecule has 2 aromatic heterocycles. The van der Waals surface area contributed by atoms with Crippen LogP contribution in [0.5, 0.6) is 0 Å². The molecular formula is C48H64IrNO2S-. The fourth-order valence-corrected chi connectivity index (χ4v) is 8.44. The topological polar surface area (TPSA) is 41.2 Å². The van der Waals surface area contributed by atoms with Crippen molar-refractivity contribution in [2.75, 3.05) is 0 Å². The maximum absolute atomic E-state index is 12.2. The maximum atomic E-state index is 12.2. The van der Waals surface area contributed by atoms with Crippen molar-refractivity contribution in [3.05, 3.63) is 103 Å². The Bertz CT molecular complexity index is 2110. The van der Waals surface area contributed by atoms with E-state index in [0.717, 1.165) is 43.4 Å².